The average Bonchev–Trinajstić information content (AvgIpc) is 3.28. The first-order chi connectivity index (χ1) is 15.5. The molecule has 0 aliphatic rings. The minimum absolute atomic E-state index is 0.128. The Bertz CT molecular complexity index is 1260. The quantitative estimate of drug-likeness (QED) is 0.378. The van der Waals surface area contributed by atoms with E-state index in [2.05, 4.69) is 10.3 Å². The zero-order chi connectivity index (χ0) is 22.5. The number of hydrogen-bond donors (Lipinski definition) is 2. The van der Waals surface area contributed by atoms with Gasteiger partial charge in [0, 0.05) is 16.8 Å². The van der Waals surface area contributed by atoms with Gasteiger partial charge in [-0.1, -0.05) is 12.1 Å². The van der Waals surface area contributed by atoms with Crippen LogP contribution >= 0.6 is 12.2 Å². The second-order valence-corrected chi connectivity index (χ2v) is 7.92. The molecule has 4 aromatic rings. The smallest absolute Gasteiger partial charge is 0.253 e. The summed E-state index contributed by atoms with van der Waals surface area (Å²) in [6, 6.07) is 19.3. The Kier molecular flexibility index (Phi) is 6.56. The van der Waals surface area contributed by atoms with E-state index in [9.17, 15) is 4.79 Å². The third-order valence-corrected chi connectivity index (χ3v) is 5.43. The summed E-state index contributed by atoms with van der Waals surface area (Å²) in [6.45, 7) is 5.33. The van der Waals surface area contributed by atoms with Gasteiger partial charge in [-0.15, -0.1) is 0 Å². The van der Waals surface area contributed by atoms with Crippen LogP contribution in [0.25, 0.3) is 10.9 Å². The van der Waals surface area contributed by atoms with Gasteiger partial charge in [0.05, 0.1) is 26.0 Å². The van der Waals surface area contributed by atoms with Crippen LogP contribution in [-0.4, -0.2) is 21.6 Å². The molecule has 0 amide bonds. The number of aromatic nitrogens is 1. The van der Waals surface area contributed by atoms with Crippen molar-refractivity contribution in [2.45, 2.75) is 26.9 Å². The molecule has 32 heavy (non-hydrogen) atoms. The van der Waals surface area contributed by atoms with E-state index >= 15 is 0 Å². The van der Waals surface area contributed by atoms with Gasteiger partial charge in [0.15, 0.2) is 5.11 Å². The van der Waals surface area contributed by atoms with Gasteiger partial charge in [-0.3, -0.25) is 4.79 Å². The topological polar surface area (TPSA) is 70.5 Å². The molecular formula is C25H25N3O3S. The monoisotopic (exact) mass is 447 g/mol. The Morgan fingerprint density at radius 3 is 2.66 bits per heavy atom. The van der Waals surface area contributed by atoms with Crippen molar-refractivity contribution in [2.75, 3.05) is 11.9 Å². The molecule has 0 saturated heterocycles. The SMILES string of the molecule is CCOc1ccc(NC(=S)N(Cc2ccco2)Cc2cc3ccc(C)cc3[nH]c2=O)cc1. The molecule has 2 aromatic heterocycles. The Hall–Kier alpha value is -3.58. The lowest BCUT2D eigenvalue weighted by molar-refractivity contribution is 0.340. The van der Waals surface area contributed by atoms with E-state index in [4.69, 9.17) is 21.4 Å². The Morgan fingerprint density at radius 2 is 1.94 bits per heavy atom. The van der Waals surface area contributed by atoms with Gasteiger partial charge in [-0.25, -0.2) is 0 Å². The first-order valence-electron chi connectivity index (χ1n) is 10.5. The van der Waals surface area contributed by atoms with E-state index in [1.54, 1.807) is 6.26 Å². The van der Waals surface area contributed by atoms with Crippen LogP contribution in [0.15, 0.2) is 76.1 Å². The number of H-pyrrole nitrogens is 1. The standard InChI is InChI=1S/C25H25N3O3S/c1-3-30-21-10-8-20(9-11-21)26-25(32)28(16-22-5-4-12-31-22)15-19-14-18-7-6-17(2)13-23(18)27-24(19)29/h4-14H,3,15-16H2,1-2H3,(H,26,32)(H,27,29). The fourth-order valence-electron chi connectivity index (χ4n) is 3.48. The lowest BCUT2D eigenvalue weighted by atomic mass is 10.1. The normalized spacial score (nSPS) is 10.8. The van der Waals surface area contributed by atoms with Crippen molar-refractivity contribution in [2.24, 2.45) is 0 Å². The zero-order valence-electron chi connectivity index (χ0n) is 18.1. The van der Waals surface area contributed by atoms with Crippen molar-refractivity contribution in [3.8, 4) is 5.75 Å². The number of anilines is 1. The number of hydrogen-bond acceptors (Lipinski definition) is 4. The lowest BCUT2D eigenvalue weighted by Crippen LogP contribution is -2.35. The highest BCUT2D eigenvalue weighted by atomic mass is 32.1. The maximum Gasteiger partial charge on any atom is 0.253 e. The predicted octanol–water partition coefficient (Wildman–Crippen LogP) is 5.23. The molecule has 0 unspecified atom stereocenters. The Morgan fingerprint density at radius 1 is 1.12 bits per heavy atom. The number of thiocarbonyl (C=S) groups is 1. The van der Waals surface area contributed by atoms with E-state index in [0.717, 1.165) is 33.7 Å². The lowest BCUT2D eigenvalue weighted by Gasteiger charge is -2.25. The first kappa shape index (κ1) is 21.6. The zero-order valence-corrected chi connectivity index (χ0v) is 18.9. The van der Waals surface area contributed by atoms with Gasteiger partial charge in [0.2, 0.25) is 0 Å². The molecule has 0 bridgehead atoms. The molecule has 0 fully saturated rings. The van der Waals surface area contributed by atoms with Crippen LogP contribution in [0, 0.1) is 6.92 Å². The minimum Gasteiger partial charge on any atom is -0.494 e. The summed E-state index contributed by atoms with van der Waals surface area (Å²) in [5.74, 6) is 1.56. The van der Waals surface area contributed by atoms with E-state index in [-0.39, 0.29) is 5.56 Å². The molecule has 164 valence electrons. The van der Waals surface area contributed by atoms with Crippen molar-refractivity contribution in [3.05, 3.63) is 94.2 Å². The largest absolute Gasteiger partial charge is 0.494 e. The number of ether oxygens (including phenoxy) is 1. The fraction of sp³-hybridized carbons (Fsp3) is 0.200. The van der Waals surface area contributed by atoms with Crippen LogP contribution < -0.4 is 15.6 Å². The molecule has 0 radical (unpaired) electrons. The van der Waals surface area contributed by atoms with Gasteiger partial charge >= 0.3 is 0 Å². The summed E-state index contributed by atoms with van der Waals surface area (Å²) >= 11 is 5.70. The Balaban J connectivity index is 1.58. The van der Waals surface area contributed by atoms with E-state index in [1.807, 2.05) is 79.4 Å². The molecule has 0 aliphatic heterocycles. The van der Waals surface area contributed by atoms with Crippen molar-refractivity contribution in [1.29, 1.82) is 0 Å². The van der Waals surface area contributed by atoms with Crippen LogP contribution in [-0.2, 0) is 13.1 Å². The summed E-state index contributed by atoms with van der Waals surface area (Å²) in [5.41, 5.74) is 3.26. The summed E-state index contributed by atoms with van der Waals surface area (Å²) in [6.07, 6.45) is 1.63. The van der Waals surface area contributed by atoms with Crippen molar-refractivity contribution in [3.63, 3.8) is 0 Å². The number of pyridine rings is 1. The Labute approximate surface area is 191 Å². The van der Waals surface area contributed by atoms with Crippen LogP contribution in [0.5, 0.6) is 5.75 Å². The number of fused-ring (bicyclic) bond motifs is 1. The van der Waals surface area contributed by atoms with Crippen molar-refractivity contribution in [1.82, 2.24) is 9.88 Å². The van der Waals surface area contributed by atoms with Crippen LogP contribution in [0.2, 0.25) is 0 Å². The number of aromatic amines is 1. The summed E-state index contributed by atoms with van der Waals surface area (Å²) in [5, 5.41) is 4.73. The predicted molar refractivity (Wildman–Crippen MR) is 131 cm³/mol. The van der Waals surface area contributed by atoms with Crippen molar-refractivity contribution >= 4 is 33.9 Å². The molecule has 0 aliphatic carbocycles. The average molecular weight is 448 g/mol. The van der Waals surface area contributed by atoms with Gasteiger partial charge in [-0.2, -0.15) is 0 Å². The summed E-state index contributed by atoms with van der Waals surface area (Å²) in [4.78, 5) is 17.7. The van der Waals surface area contributed by atoms with Crippen LogP contribution in [0.4, 0.5) is 5.69 Å². The second kappa shape index (κ2) is 9.70. The van der Waals surface area contributed by atoms with Crippen molar-refractivity contribution < 1.29 is 9.15 Å². The third-order valence-electron chi connectivity index (χ3n) is 5.07. The molecule has 2 heterocycles. The summed E-state index contributed by atoms with van der Waals surface area (Å²) < 4.78 is 11.0. The number of nitrogens with one attached hydrogen (secondary N) is 2. The number of benzene rings is 2. The minimum atomic E-state index is -0.128. The van der Waals surface area contributed by atoms with Crippen LogP contribution in [0.1, 0.15) is 23.8 Å². The van der Waals surface area contributed by atoms with Gasteiger partial charge in [0.1, 0.15) is 11.5 Å². The highest BCUT2D eigenvalue weighted by Gasteiger charge is 2.16. The highest BCUT2D eigenvalue weighted by Crippen LogP contribution is 2.19. The highest BCUT2D eigenvalue weighted by molar-refractivity contribution is 7.80. The number of furan rings is 1. The van der Waals surface area contributed by atoms with Crippen LogP contribution in [0.3, 0.4) is 0 Å². The summed E-state index contributed by atoms with van der Waals surface area (Å²) in [7, 11) is 0. The number of aryl methyl sites for hydroxylation is 1. The molecule has 4 rings (SSSR count). The molecule has 0 spiro atoms. The molecule has 6 nitrogen and oxygen atoms in total. The molecular weight excluding hydrogens is 422 g/mol. The molecule has 0 atom stereocenters. The number of rotatable bonds is 7. The molecule has 7 heteroatoms. The molecule has 2 aromatic carbocycles. The first-order valence-corrected chi connectivity index (χ1v) is 10.9. The van der Waals surface area contributed by atoms with Gasteiger partial charge in [-0.05, 0) is 85.5 Å². The third kappa shape index (κ3) is 5.18. The number of nitrogens with zero attached hydrogens (tertiary/aromatic N) is 1. The fourth-order valence-corrected chi connectivity index (χ4v) is 3.72. The van der Waals surface area contributed by atoms with E-state index in [1.165, 1.54) is 0 Å². The molecule has 0 saturated carbocycles. The maximum absolute atomic E-state index is 12.8. The second-order valence-electron chi connectivity index (χ2n) is 7.54. The maximum atomic E-state index is 12.8. The van der Waals surface area contributed by atoms with Gasteiger partial charge < -0.3 is 24.4 Å². The van der Waals surface area contributed by atoms with Gasteiger partial charge in [0.25, 0.3) is 5.56 Å². The van der Waals surface area contributed by atoms with E-state index in [0.29, 0.717) is 30.4 Å². The van der Waals surface area contributed by atoms with E-state index < -0.39 is 0 Å². The molecule has 2 N–H and O–H groups in total.